The summed E-state index contributed by atoms with van der Waals surface area (Å²) in [6.07, 6.45) is 0.217. The summed E-state index contributed by atoms with van der Waals surface area (Å²) in [5, 5.41) is 3.48. The van der Waals surface area contributed by atoms with Gasteiger partial charge in [-0.25, -0.2) is 4.98 Å². The second-order valence-electron chi connectivity index (χ2n) is 7.14. The summed E-state index contributed by atoms with van der Waals surface area (Å²) >= 11 is 7.59. The molecule has 3 rings (SSSR count). The second kappa shape index (κ2) is 10.9. The minimum Gasteiger partial charge on any atom is -0.496 e. The Balaban J connectivity index is 1.49. The molecule has 1 aromatic carbocycles. The van der Waals surface area contributed by atoms with E-state index in [2.05, 4.69) is 9.88 Å². The zero-order valence-corrected chi connectivity index (χ0v) is 18.8. The molecule has 0 spiro atoms. The standard InChI is InChI=1S/C21H26ClN3O4S/c1-24(12-16-14-30-20(23-16)13-25-7-9-29-10-8-25)21(27)6-4-18(26)17-11-15(22)3-5-19(17)28-2/h3,5,11,14H,4,6-10,12-13H2,1-2H3. The highest BCUT2D eigenvalue weighted by Crippen LogP contribution is 2.24. The van der Waals surface area contributed by atoms with Crippen LogP contribution in [0, 0.1) is 0 Å². The summed E-state index contributed by atoms with van der Waals surface area (Å²) in [6, 6.07) is 4.89. The molecule has 0 bridgehead atoms. The lowest BCUT2D eigenvalue weighted by Crippen LogP contribution is -2.35. The van der Waals surface area contributed by atoms with Gasteiger partial charge in [-0.05, 0) is 18.2 Å². The van der Waals surface area contributed by atoms with Crippen LogP contribution in [0.4, 0.5) is 0 Å². The van der Waals surface area contributed by atoms with Crippen molar-refractivity contribution in [2.75, 3.05) is 40.5 Å². The topological polar surface area (TPSA) is 72.0 Å². The highest BCUT2D eigenvalue weighted by Gasteiger charge is 2.18. The van der Waals surface area contributed by atoms with Crippen LogP contribution in [-0.2, 0) is 22.6 Å². The van der Waals surface area contributed by atoms with Crippen molar-refractivity contribution in [3.8, 4) is 5.75 Å². The number of morpholine rings is 1. The Kier molecular flexibility index (Phi) is 8.21. The molecule has 1 amide bonds. The molecule has 7 nitrogen and oxygen atoms in total. The summed E-state index contributed by atoms with van der Waals surface area (Å²) < 4.78 is 10.6. The zero-order chi connectivity index (χ0) is 21.5. The highest BCUT2D eigenvalue weighted by atomic mass is 35.5. The van der Waals surface area contributed by atoms with Gasteiger partial charge in [0.1, 0.15) is 10.8 Å². The van der Waals surface area contributed by atoms with E-state index < -0.39 is 0 Å². The molecule has 1 aromatic heterocycles. The molecule has 1 aliphatic rings. The van der Waals surface area contributed by atoms with Crippen molar-refractivity contribution < 1.29 is 19.1 Å². The Labute approximate surface area is 185 Å². The third-order valence-corrected chi connectivity index (χ3v) is 6.03. The van der Waals surface area contributed by atoms with Gasteiger partial charge in [-0.15, -0.1) is 11.3 Å². The monoisotopic (exact) mass is 451 g/mol. The SMILES string of the molecule is COc1ccc(Cl)cc1C(=O)CCC(=O)N(C)Cc1csc(CN2CCOCC2)n1. The highest BCUT2D eigenvalue weighted by molar-refractivity contribution is 7.09. The van der Waals surface area contributed by atoms with E-state index >= 15 is 0 Å². The number of methoxy groups -OCH3 is 1. The third kappa shape index (κ3) is 6.25. The predicted molar refractivity (Wildman–Crippen MR) is 116 cm³/mol. The van der Waals surface area contributed by atoms with Crippen molar-refractivity contribution in [2.24, 2.45) is 0 Å². The number of hydrogen-bond donors (Lipinski definition) is 0. The number of carbonyl (C=O) groups excluding carboxylic acids is 2. The number of thiazole rings is 1. The van der Waals surface area contributed by atoms with Crippen molar-refractivity contribution in [3.63, 3.8) is 0 Å². The maximum atomic E-state index is 12.5. The van der Waals surface area contributed by atoms with E-state index in [1.54, 1.807) is 41.5 Å². The quantitative estimate of drug-likeness (QED) is 0.545. The van der Waals surface area contributed by atoms with E-state index in [0.29, 0.717) is 22.9 Å². The third-order valence-electron chi connectivity index (χ3n) is 4.91. The summed E-state index contributed by atoms with van der Waals surface area (Å²) in [5.41, 5.74) is 1.26. The number of Topliss-reactive ketones (excluding diaryl/α,β-unsaturated/α-hetero) is 1. The minimum atomic E-state index is -0.169. The normalized spacial score (nSPS) is 14.5. The minimum absolute atomic E-state index is 0.0965. The first kappa shape index (κ1) is 22.7. The number of ether oxygens (including phenoxy) is 2. The molecule has 0 atom stereocenters. The Bertz CT molecular complexity index is 883. The van der Waals surface area contributed by atoms with Crippen molar-refractivity contribution >= 4 is 34.6 Å². The van der Waals surface area contributed by atoms with E-state index in [-0.39, 0.29) is 24.5 Å². The first-order valence-electron chi connectivity index (χ1n) is 9.80. The molecule has 0 radical (unpaired) electrons. The molecule has 30 heavy (non-hydrogen) atoms. The molecule has 162 valence electrons. The van der Waals surface area contributed by atoms with Crippen LogP contribution < -0.4 is 4.74 Å². The van der Waals surface area contributed by atoms with Crippen LogP contribution in [0.15, 0.2) is 23.6 Å². The summed E-state index contributed by atoms with van der Waals surface area (Å²) in [4.78, 5) is 33.6. The predicted octanol–water partition coefficient (Wildman–Crippen LogP) is 3.26. The van der Waals surface area contributed by atoms with E-state index in [1.807, 2.05) is 5.38 Å². The molecule has 0 saturated carbocycles. The summed E-state index contributed by atoms with van der Waals surface area (Å²) in [7, 11) is 3.23. The fourth-order valence-corrected chi connectivity index (χ4v) is 4.22. The average Bonchev–Trinajstić information content (AvgIpc) is 3.18. The van der Waals surface area contributed by atoms with Crippen molar-refractivity contribution in [3.05, 3.63) is 44.9 Å². The van der Waals surface area contributed by atoms with Crippen LogP contribution in [0.1, 0.15) is 33.9 Å². The fraction of sp³-hybridized carbons (Fsp3) is 0.476. The van der Waals surface area contributed by atoms with Crippen LogP contribution in [-0.4, -0.2) is 66.9 Å². The first-order valence-corrected chi connectivity index (χ1v) is 11.1. The molecule has 0 unspecified atom stereocenters. The molecule has 1 fully saturated rings. The van der Waals surface area contributed by atoms with Gasteiger partial charge >= 0.3 is 0 Å². The van der Waals surface area contributed by atoms with Gasteiger partial charge in [-0.3, -0.25) is 14.5 Å². The zero-order valence-electron chi connectivity index (χ0n) is 17.2. The molecule has 1 saturated heterocycles. The Morgan fingerprint density at radius 1 is 1.30 bits per heavy atom. The Hall–Kier alpha value is -2.00. The van der Waals surface area contributed by atoms with E-state index in [0.717, 1.165) is 43.5 Å². The first-order chi connectivity index (χ1) is 14.5. The van der Waals surface area contributed by atoms with Gasteiger partial charge in [0.2, 0.25) is 5.91 Å². The van der Waals surface area contributed by atoms with Gasteiger partial charge in [0.05, 0.1) is 44.7 Å². The largest absolute Gasteiger partial charge is 0.496 e. The lowest BCUT2D eigenvalue weighted by Gasteiger charge is -2.25. The number of rotatable bonds is 9. The molecular weight excluding hydrogens is 426 g/mol. The number of hydrogen-bond acceptors (Lipinski definition) is 7. The van der Waals surface area contributed by atoms with Crippen LogP contribution in [0.25, 0.3) is 0 Å². The van der Waals surface area contributed by atoms with Crippen molar-refractivity contribution in [1.29, 1.82) is 0 Å². The number of ketones is 1. The number of carbonyl (C=O) groups is 2. The lowest BCUT2D eigenvalue weighted by atomic mass is 10.1. The van der Waals surface area contributed by atoms with E-state index in [9.17, 15) is 9.59 Å². The van der Waals surface area contributed by atoms with Crippen molar-refractivity contribution in [1.82, 2.24) is 14.8 Å². The van der Waals surface area contributed by atoms with E-state index in [4.69, 9.17) is 21.1 Å². The lowest BCUT2D eigenvalue weighted by molar-refractivity contribution is -0.130. The van der Waals surface area contributed by atoms with Crippen LogP contribution in [0.3, 0.4) is 0 Å². The van der Waals surface area contributed by atoms with Gasteiger partial charge in [0, 0.05) is 43.4 Å². The number of benzene rings is 1. The van der Waals surface area contributed by atoms with Crippen LogP contribution in [0.2, 0.25) is 5.02 Å². The number of amides is 1. The number of aromatic nitrogens is 1. The van der Waals surface area contributed by atoms with Gasteiger partial charge in [-0.1, -0.05) is 11.6 Å². The summed E-state index contributed by atoms with van der Waals surface area (Å²) in [5.74, 6) is 0.185. The smallest absolute Gasteiger partial charge is 0.223 e. The van der Waals surface area contributed by atoms with Crippen LogP contribution >= 0.6 is 22.9 Å². The molecule has 2 aromatic rings. The average molecular weight is 452 g/mol. The number of halogens is 1. The van der Waals surface area contributed by atoms with E-state index in [1.165, 1.54) is 7.11 Å². The van der Waals surface area contributed by atoms with Crippen LogP contribution in [0.5, 0.6) is 5.75 Å². The molecule has 9 heteroatoms. The second-order valence-corrected chi connectivity index (χ2v) is 8.52. The number of nitrogens with zero attached hydrogens (tertiary/aromatic N) is 3. The maximum Gasteiger partial charge on any atom is 0.223 e. The maximum absolute atomic E-state index is 12.5. The van der Waals surface area contributed by atoms with Gasteiger partial charge in [-0.2, -0.15) is 0 Å². The van der Waals surface area contributed by atoms with Gasteiger partial charge < -0.3 is 14.4 Å². The Morgan fingerprint density at radius 2 is 2.07 bits per heavy atom. The molecular formula is C21H26ClN3O4S. The van der Waals surface area contributed by atoms with Gasteiger partial charge in [0.25, 0.3) is 0 Å². The Morgan fingerprint density at radius 3 is 2.80 bits per heavy atom. The van der Waals surface area contributed by atoms with Gasteiger partial charge in [0.15, 0.2) is 5.78 Å². The summed E-state index contributed by atoms with van der Waals surface area (Å²) in [6.45, 7) is 4.58. The molecule has 0 N–H and O–H groups in total. The fourth-order valence-electron chi connectivity index (χ4n) is 3.22. The molecule has 0 aliphatic carbocycles. The van der Waals surface area contributed by atoms with Crippen molar-refractivity contribution in [2.45, 2.75) is 25.9 Å². The molecule has 2 heterocycles. The molecule has 1 aliphatic heterocycles.